The van der Waals surface area contributed by atoms with Gasteiger partial charge in [0.15, 0.2) is 9.84 Å². The van der Waals surface area contributed by atoms with Crippen LogP contribution >= 0.6 is 0 Å². The number of primary amides is 1. The van der Waals surface area contributed by atoms with Gasteiger partial charge in [0.2, 0.25) is 11.8 Å². The van der Waals surface area contributed by atoms with Gasteiger partial charge in [0, 0.05) is 25.2 Å². The molecule has 0 bridgehead atoms. The molecule has 7 nitrogen and oxygen atoms in total. The SMILES string of the molecule is NC(=O)c1cccc(CNC(=O)C(c2ccccc2)N2CCS(=O)(=O)CC2)c1. The van der Waals surface area contributed by atoms with Gasteiger partial charge in [-0.3, -0.25) is 14.5 Å². The minimum absolute atomic E-state index is 0.0459. The Kier molecular flexibility index (Phi) is 6.11. The topological polar surface area (TPSA) is 110 Å². The highest BCUT2D eigenvalue weighted by Gasteiger charge is 2.32. The lowest BCUT2D eigenvalue weighted by molar-refractivity contribution is -0.126. The quantitative estimate of drug-likeness (QED) is 0.747. The van der Waals surface area contributed by atoms with Gasteiger partial charge in [-0.05, 0) is 23.3 Å². The second-order valence-electron chi connectivity index (χ2n) is 6.78. The van der Waals surface area contributed by atoms with E-state index in [0.29, 0.717) is 18.7 Å². The Bertz CT molecular complexity index is 946. The number of hydrogen-bond acceptors (Lipinski definition) is 5. The molecular weight excluding hydrogens is 378 g/mol. The molecule has 0 aromatic heterocycles. The van der Waals surface area contributed by atoms with Crippen molar-refractivity contribution >= 4 is 21.7 Å². The van der Waals surface area contributed by atoms with E-state index >= 15 is 0 Å². The highest BCUT2D eigenvalue weighted by Crippen LogP contribution is 2.23. The van der Waals surface area contributed by atoms with E-state index in [1.807, 2.05) is 35.2 Å². The molecule has 8 heteroatoms. The predicted octanol–water partition coefficient (Wildman–Crippen LogP) is 0.873. The van der Waals surface area contributed by atoms with Gasteiger partial charge in [0.25, 0.3) is 0 Å². The van der Waals surface area contributed by atoms with Crippen molar-refractivity contribution in [2.24, 2.45) is 5.73 Å². The number of nitrogens with two attached hydrogens (primary N) is 1. The lowest BCUT2D eigenvalue weighted by Crippen LogP contribution is -2.47. The molecule has 1 unspecified atom stereocenters. The van der Waals surface area contributed by atoms with E-state index in [4.69, 9.17) is 5.73 Å². The van der Waals surface area contributed by atoms with Crippen LogP contribution in [0.1, 0.15) is 27.5 Å². The molecule has 1 heterocycles. The zero-order valence-corrected chi connectivity index (χ0v) is 16.2. The summed E-state index contributed by atoms with van der Waals surface area (Å²) in [6.45, 7) is 0.869. The van der Waals surface area contributed by atoms with Crippen molar-refractivity contribution in [1.82, 2.24) is 10.2 Å². The maximum Gasteiger partial charge on any atom is 0.248 e. The van der Waals surface area contributed by atoms with E-state index in [9.17, 15) is 18.0 Å². The van der Waals surface area contributed by atoms with E-state index in [1.165, 1.54) is 0 Å². The van der Waals surface area contributed by atoms with Crippen molar-refractivity contribution in [2.45, 2.75) is 12.6 Å². The van der Waals surface area contributed by atoms with Crippen LogP contribution in [0.4, 0.5) is 0 Å². The van der Waals surface area contributed by atoms with Crippen LogP contribution in [0.15, 0.2) is 54.6 Å². The van der Waals surface area contributed by atoms with Crippen LogP contribution in [0.25, 0.3) is 0 Å². The van der Waals surface area contributed by atoms with Crippen molar-refractivity contribution < 1.29 is 18.0 Å². The zero-order valence-electron chi connectivity index (χ0n) is 15.4. The van der Waals surface area contributed by atoms with Crippen LogP contribution in [0.3, 0.4) is 0 Å². The number of carbonyl (C=O) groups excluding carboxylic acids is 2. The lowest BCUT2D eigenvalue weighted by Gasteiger charge is -2.33. The largest absolute Gasteiger partial charge is 0.366 e. The molecule has 2 aromatic rings. The van der Waals surface area contributed by atoms with E-state index in [2.05, 4.69) is 5.32 Å². The minimum Gasteiger partial charge on any atom is -0.366 e. The third-order valence-corrected chi connectivity index (χ3v) is 6.40. The first-order valence-electron chi connectivity index (χ1n) is 9.01. The summed E-state index contributed by atoms with van der Waals surface area (Å²) in [6.07, 6.45) is 0. The average Bonchev–Trinajstić information content (AvgIpc) is 2.69. The summed E-state index contributed by atoms with van der Waals surface area (Å²) in [5, 5.41) is 2.90. The van der Waals surface area contributed by atoms with Crippen LogP contribution in [0.5, 0.6) is 0 Å². The fraction of sp³-hybridized carbons (Fsp3) is 0.300. The molecule has 0 radical (unpaired) electrons. The van der Waals surface area contributed by atoms with E-state index in [1.54, 1.807) is 24.3 Å². The number of nitrogens with one attached hydrogen (secondary N) is 1. The fourth-order valence-corrected chi connectivity index (χ4v) is 4.50. The Morgan fingerprint density at radius 3 is 2.36 bits per heavy atom. The van der Waals surface area contributed by atoms with Gasteiger partial charge in [0.1, 0.15) is 6.04 Å². The third-order valence-electron chi connectivity index (χ3n) is 4.79. The van der Waals surface area contributed by atoms with Gasteiger partial charge in [-0.25, -0.2) is 8.42 Å². The Hall–Kier alpha value is -2.71. The molecule has 2 amide bonds. The van der Waals surface area contributed by atoms with Crippen molar-refractivity contribution in [3.63, 3.8) is 0 Å². The highest BCUT2D eigenvalue weighted by atomic mass is 32.2. The Morgan fingerprint density at radius 2 is 1.71 bits per heavy atom. The predicted molar refractivity (Wildman–Crippen MR) is 106 cm³/mol. The normalized spacial score (nSPS) is 17.6. The Balaban J connectivity index is 1.76. The molecule has 0 aliphatic carbocycles. The first-order chi connectivity index (χ1) is 13.4. The molecule has 1 saturated heterocycles. The van der Waals surface area contributed by atoms with Gasteiger partial charge in [-0.1, -0.05) is 42.5 Å². The fourth-order valence-electron chi connectivity index (χ4n) is 3.27. The van der Waals surface area contributed by atoms with Crippen molar-refractivity contribution in [3.05, 3.63) is 71.3 Å². The monoisotopic (exact) mass is 401 g/mol. The number of sulfone groups is 1. The average molecular weight is 401 g/mol. The summed E-state index contributed by atoms with van der Waals surface area (Å²) in [5.41, 5.74) is 7.25. The first kappa shape index (κ1) is 20.0. The molecule has 28 heavy (non-hydrogen) atoms. The maximum atomic E-state index is 13.0. The molecule has 0 saturated carbocycles. The minimum atomic E-state index is -3.04. The van der Waals surface area contributed by atoms with Crippen molar-refractivity contribution in [1.29, 1.82) is 0 Å². The molecule has 3 N–H and O–H groups in total. The number of nitrogens with zero attached hydrogens (tertiary/aromatic N) is 1. The van der Waals surface area contributed by atoms with Crippen LogP contribution in [-0.2, 0) is 21.2 Å². The molecular formula is C20H23N3O4S. The second kappa shape index (κ2) is 8.53. The molecule has 148 valence electrons. The Labute approximate surface area is 164 Å². The molecule has 1 aliphatic heterocycles. The molecule has 1 fully saturated rings. The first-order valence-corrected chi connectivity index (χ1v) is 10.8. The van der Waals surface area contributed by atoms with E-state index in [-0.39, 0.29) is 24.0 Å². The van der Waals surface area contributed by atoms with Gasteiger partial charge in [-0.15, -0.1) is 0 Å². The zero-order chi connectivity index (χ0) is 20.1. The maximum absolute atomic E-state index is 13.0. The second-order valence-corrected chi connectivity index (χ2v) is 9.09. The summed E-state index contributed by atoms with van der Waals surface area (Å²) >= 11 is 0. The number of amides is 2. The number of hydrogen-bond donors (Lipinski definition) is 2. The van der Waals surface area contributed by atoms with Crippen LogP contribution in [0, 0.1) is 0 Å². The third kappa shape index (κ3) is 4.96. The van der Waals surface area contributed by atoms with Gasteiger partial charge in [-0.2, -0.15) is 0 Å². The van der Waals surface area contributed by atoms with Crippen LogP contribution in [-0.4, -0.2) is 49.7 Å². The summed E-state index contributed by atoms with van der Waals surface area (Å²) in [6, 6.07) is 15.5. The molecule has 3 rings (SSSR count). The van der Waals surface area contributed by atoms with Gasteiger partial charge in [0.05, 0.1) is 11.5 Å². The Morgan fingerprint density at radius 1 is 1.04 bits per heavy atom. The van der Waals surface area contributed by atoms with Crippen molar-refractivity contribution in [2.75, 3.05) is 24.6 Å². The number of carbonyl (C=O) groups is 2. The molecule has 1 aliphatic rings. The van der Waals surface area contributed by atoms with E-state index in [0.717, 1.165) is 11.1 Å². The number of benzene rings is 2. The summed E-state index contributed by atoms with van der Waals surface area (Å²) < 4.78 is 23.5. The van der Waals surface area contributed by atoms with Gasteiger partial charge < -0.3 is 11.1 Å². The summed E-state index contributed by atoms with van der Waals surface area (Å²) in [4.78, 5) is 26.2. The summed E-state index contributed by atoms with van der Waals surface area (Å²) in [7, 11) is -3.04. The standard InChI is InChI=1S/C20H23N3O4S/c21-19(24)17-8-4-5-15(13-17)14-22-20(25)18(16-6-2-1-3-7-16)23-9-11-28(26,27)12-10-23/h1-8,13,18H,9-12,14H2,(H2,21,24)(H,22,25). The molecule has 1 atom stereocenters. The van der Waals surface area contributed by atoms with E-state index < -0.39 is 21.8 Å². The summed E-state index contributed by atoms with van der Waals surface area (Å²) in [5.74, 6) is -0.644. The molecule has 2 aromatic carbocycles. The van der Waals surface area contributed by atoms with Crippen molar-refractivity contribution in [3.8, 4) is 0 Å². The van der Waals surface area contributed by atoms with Gasteiger partial charge >= 0.3 is 0 Å². The lowest BCUT2D eigenvalue weighted by atomic mass is 10.0. The van der Waals surface area contributed by atoms with Crippen LogP contribution in [0.2, 0.25) is 0 Å². The highest BCUT2D eigenvalue weighted by molar-refractivity contribution is 7.91. The van der Waals surface area contributed by atoms with Crippen LogP contribution < -0.4 is 11.1 Å². The molecule has 0 spiro atoms. The number of rotatable bonds is 6. The smallest absolute Gasteiger partial charge is 0.248 e.